The zero-order valence-corrected chi connectivity index (χ0v) is 39.6. The number of carbonyl (C=O) groups excluding carboxylic acids is 1. The molecule has 4 nitrogen and oxygen atoms in total. The van der Waals surface area contributed by atoms with Crippen molar-refractivity contribution < 1.29 is 15.0 Å². The SMILES string of the molecule is CCCC/C=C\C/C=C\CCCCCCCC(=O)NC(CO)C(O)CCCCCCCCCCCCCCCCCCCCCCCCCCCCCCCCCC. The minimum Gasteiger partial charge on any atom is -0.394 e. The van der Waals surface area contributed by atoms with Gasteiger partial charge in [0.15, 0.2) is 0 Å². The van der Waals surface area contributed by atoms with E-state index in [1.165, 1.54) is 225 Å². The van der Waals surface area contributed by atoms with Crippen molar-refractivity contribution >= 4 is 5.91 Å². The van der Waals surface area contributed by atoms with Gasteiger partial charge in [-0.25, -0.2) is 0 Å². The molecule has 0 saturated carbocycles. The van der Waals surface area contributed by atoms with Crippen LogP contribution >= 0.6 is 0 Å². The molecule has 0 aromatic carbocycles. The molecule has 0 aromatic rings. The molecule has 0 bridgehead atoms. The molecule has 2 unspecified atom stereocenters. The Balaban J connectivity index is 3.39. The fraction of sp³-hybridized carbons (Fsp3) is 0.907. The number of hydrogen-bond donors (Lipinski definition) is 3. The Morgan fingerprint density at radius 2 is 0.724 bits per heavy atom. The summed E-state index contributed by atoms with van der Waals surface area (Å²) in [5.74, 6) is -0.0425. The third-order valence-electron chi connectivity index (χ3n) is 12.5. The molecule has 3 N–H and O–H groups in total. The van der Waals surface area contributed by atoms with Crippen molar-refractivity contribution in [2.75, 3.05) is 6.61 Å². The molecule has 0 aliphatic carbocycles. The third-order valence-corrected chi connectivity index (χ3v) is 12.5. The van der Waals surface area contributed by atoms with Crippen molar-refractivity contribution in [3.05, 3.63) is 24.3 Å². The third kappa shape index (κ3) is 45.9. The molecule has 2 atom stereocenters. The predicted molar refractivity (Wildman–Crippen MR) is 258 cm³/mol. The van der Waals surface area contributed by atoms with E-state index in [1.54, 1.807) is 0 Å². The average molecular weight is 816 g/mol. The van der Waals surface area contributed by atoms with Crippen LogP contribution in [0.5, 0.6) is 0 Å². The molecule has 4 heteroatoms. The molecule has 344 valence electrons. The zero-order chi connectivity index (χ0) is 42.1. The monoisotopic (exact) mass is 816 g/mol. The van der Waals surface area contributed by atoms with Crippen molar-refractivity contribution in [3.8, 4) is 0 Å². The van der Waals surface area contributed by atoms with Gasteiger partial charge in [0, 0.05) is 6.42 Å². The van der Waals surface area contributed by atoms with Gasteiger partial charge in [-0.15, -0.1) is 0 Å². The van der Waals surface area contributed by atoms with Gasteiger partial charge in [-0.2, -0.15) is 0 Å². The van der Waals surface area contributed by atoms with Crippen LogP contribution in [0.3, 0.4) is 0 Å². The molecule has 1 amide bonds. The summed E-state index contributed by atoms with van der Waals surface area (Å²) in [5, 5.41) is 23.2. The molecular formula is C54H105NO3. The largest absolute Gasteiger partial charge is 0.394 e. The number of aliphatic hydroxyl groups excluding tert-OH is 2. The fourth-order valence-electron chi connectivity index (χ4n) is 8.38. The van der Waals surface area contributed by atoms with Crippen LogP contribution in [-0.2, 0) is 4.79 Å². The molecule has 0 fully saturated rings. The van der Waals surface area contributed by atoms with Gasteiger partial charge >= 0.3 is 0 Å². The number of nitrogens with one attached hydrogen (secondary N) is 1. The lowest BCUT2D eigenvalue weighted by Crippen LogP contribution is -2.45. The minimum atomic E-state index is -0.664. The van der Waals surface area contributed by atoms with E-state index < -0.39 is 12.1 Å². The Morgan fingerprint density at radius 3 is 1.09 bits per heavy atom. The summed E-state index contributed by atoms with van der Waals surface area (Å²) in [6.07, 6.45) is 65.9. The first-order valence-corrected chi connectivity index (χ1v) is 26.5. The summed E-state index contributed by atoms with van der Waals surface area (Å²) in [5.41, 5.74) is 0. The quantitative estimate of drug-likeness (QED) is 0.0423. The van der Waals surface area contributed by atoms with E-state index in [2.05, 4.69) is 43.5 Å². The van der Waals surface area contributed by atoms with Crippen LogP contribution in [0.15, 0.2) is 24.3 Å². The molecule has 0 heterocycles. The maximum atomic E-state index is 12.4. The first kappa shape index (κ1) is 56.9. The van der Waals surface area contributed by atoms with Gasteiger partial charge in [-0.3, -0.25) is 4.79 Å². The summed E-state index contributed by atoms with van der Waals surface area (Å²) in [6, 6.07) is -0.542. The number of unbranched alkanes of at least 4 members (excludes halogenated alkanes) is 38. The summed E-state index contributed by atoms with van der Waals surface area (Å²) >= 11 is 0. The van der Waals surface area contributed by atoms with E-state index in [0.29, 0.717) is 12.8 Å². The highest BCUT2D eigenvalue weighted by Crippen LogP contribution is 2.18. The average Bonchev–Trinajstić information content (AvgIpc) is 3.23. The first-order chi connectivity index (χ1) is 28.7. The van der Waals surface area contributed by atoms with E-state index >= 15 is 0 Å². The minimum absolute atomic E-state index is 0.0425. The smallest absolute Gasteiger partial charge is 0.220 e. The van der Waals surface area contributed by atoms with E-state index in [0.717, 1.165) is 44.9 Å². The number of amides is 1. The second-order valence-corrected chi connectivity index (χ2v) is 18.3. The highest BCUT2D eigenvalue weighted by Gasteiger charge is 2.20. The first-order valence-electron chi connectivity index (χ1n) is 26.5. The Labute approximate surface area is 364 Å². The topological polar surface area (TPSA) is 69.6 Å². The van der Waals surface area contributed by atoms with Crippen LogP contribution in [0.4, 0.5) is 0 Å². The Hall–Kier alpha value is -1.13. The van der Waals surface area contributed by atoms with Gasteiger partial charge in [0.25, 0.3) is 0 Å². The normalized spacial score (nSPS) is 13.0. The van der Waals surface area contributed by atoms with Crippen LogP contribution in [0.2, 0.25) is 0 Å². The molecule has 0 rings (SSSR count). The molecule has 0 aromatic heterocycles. The lowest BCUT2D eigenvalue weighted by atomic mass is 10.0. The van der Waals surface area contributed by atoms with Crippen LogP contribution in [0.25, 0.3) is 0 Å². The van der Waals surface area contributed by atoms with Crippen LogP contribution in [0, 0.1) is 0 Å². The second-order valence-electron chi connectivity index (χ2n) is 18.3. The number of carbonyl (C=O) groups is 1. The van der Waals surface area contributed by atoms with Crippen molar-refractivity contribution in [1.82, 2.24) is 5.32 Å². The van der Waals surface area contributed by atoms with Crippen molar-refractivity contribution in [2.24, 2.45) is 0 Å². The number of allylic oxidation sites excluding steroid dienone is 4. The number of aliphatic hydroxyl groups is 2. The van der Waals surface area contributed by atoms with Gasteiger partial charge in [-0.1, -0.05) is 276 Å². The lowest BCUT2D eigenvalue weighted by molar-refractivity contribution is -0.123. The Kier molecular flexibility index (Phi) is 49.2. The maximum absolute atomic E-state index is 12.4. The van der Waals surface area contributed by atoms with Gasteiger partial charge in [0.05, 0.1) is 18.8 Å². The Morgan fingerprint density at radius 1 is 0.414 bits per heavy atom. The molecular weight excluding hydrogens is 711 g/mol. The highest BCUT2D eigenvalue weighted by molar-refractivity contribution is 5.76. The van der Waals surface area contributed by atoms with Crippen LogP contribution in [0.1, 0.15) is 296 Å². The van der Waals surface area contributed by atoms with Gasteiger partial charge in [-0.05, 0) is 38.5 Å². The Bertz CT molecular complexity index is 840. The highest BCUT2D eigenvalue weighted by atomic mass is 16.3. The predicted octanol–water partition coefficient (Wildman–Crippen LogP) is 17.1. The van der Waals surface area contributed by atoms with E-state index in [4.69, 9.17) is 0 Å². The number of rotatable bonds is 49. The van der Waals surface area contributed by atoms with Gasteiger partial charge < -0.3 is 15.5 Å². The van der Waals surface area contributed by atoms with E-state index in [-0.39, 0.29) is 12.5 Å². The molecule has 0 saturated heterocycles. The zero-order valence-electron chi connectivity index (χ0n) is 39.6. The summed E-state index contributed by atoms with van der Waals surface area (Å²) in [6.45, 7) is 4.33. The summed E-state index contributed by atoms with van der Waals surface area (Å²) in [4.78, 5) is 12.4. The maximum Gasteiger partial charge on any atom is 0.220 e. The standard InChI is InChI=1S/C54H105NO3/c1-3-5-7-9-11-13-15-17-19-20-21-22-23-24-25-26-27-28-29-30-31-32-33-34-35-36-37-39-41-43-45-47-49-53(57)52(51-56)55-54(58)50-48-46-44-42-40-38-18-16-14-12-10-8-6-4-2/h10,12,16,18,52-53,56-57H,3-9,11,13-15,17,19-51H2,1-2H3,(H,55,58)/b12-10-,18-16-. The molecule has 0 radical (unpaired) electrons. The van der Waals surface area contributed by atoms with Crippen molar-refractivity contribution in [1.29, 1.82) is 0 Å². The molecule has 0 aliphatic heterocycles. The van der Waals surface area contributed by atoms with Gasteiger partial charge in [0.2, 0.25) is 5.91 Å². The second kappa shape index (κ2) is 50.2. The molecule has 0 spiro atoms. The van der Waals surface area contributed by atoms with Crippen molar-refractivity contribution in [2.45, 2.75) is 309 Å². The van der Waals surface area contributed by atoms with Gasteiger partial charge in [0.1, 0.15) is 0 Å². The fourth-order valence-corrected chi connectivity index (χ4v) is 8.38. The lowest BCUT2D eigenvalue weighted by Gasteiger charge is -2.22. The van der Waals surface area contributed by atoms with Crippen LogP contribution in [-0.4, -0.2) is 34.9 Å². The van der Waals surface area contributed by atoms with E-state index in [9.17, 15) is 15.0 Å². The summed E-state index contributed by atoms with van der Waals surface area (Å²) < 4.78 is 0. The van der Waals surface area contributed by atoms with Crippen molar-refractivity contribution in [3.63, 3.8) is 0 Å². The number of hydrogen-bond acceptors (Lipinski definition) is 3. The van der Waals surface area contributed by atoms with Crippen LogP contribution < -0.4 is 5.32 Å². The molecule has 58 heavy (non-hydrogen) atoms. The van der Waals surface area contributed by atoms with E-state index in [1.807, 2.05) is 0 Å². The molecule has 0 aliphatic rings. The summed E-state index contributed by atoms with van der Waals surface area (Å²) in [7, 11) is 0.